The summed E-state index contributed by atoms with van der Waals surface area (Å²) in [6, 6.07) is 8.88. The van der Waals surface area contributed by atoms with Crippen molar-refractivity contribution in [1.82, 2.24) is 4.90 Å². The van der Waals surface area contributed by atoms with E-state index >= 15 is 0 Å². The third-order valence-corrected chi connectivity index (χ3v) is 3.04. The maximum Gasteiger partial charge on any atom is 0.258 e. The van der Waals surface area contributed by atoms with Gasteiger partial charge in [0.05, 0.1) is 12.1 Å². The molecule has 3 N–H and O–H groups in total. The highest BCUT2D eigenvalue weighted by Gasteiger charge is 2.10. The minimum absolute atomic E-state index is 0. The van der Waals surface area contributed by atoms with Crippen LogP contribution in [0.4, 0.5) is 5.69 Å². The molecule has 6 nitrogen and oxygen atoms in total. The topological polar surface area (TPSA) is 80.7 Å². The second-order valence-corrected chi connectivity index (χ2v) is 5.14. The molecule has 2 rings (SSSR count). The molecule has 0 saturated carbocycles. The number of hydrogen-bond acceptors (Lipinski definition) is 5. The number of nitrogens with two attached hydrogens (primary N) is 1. The van der Waals surface area contributed by atoms with Gasteiger partial charge in [-0.3, -0.25) is 4.79 Å². The summed E-state index contributed by atoms with van der Waals surface area (Å²) >= 11 is 0. The highest BCUT2D eigenvalue weighted by atomic mass is 35.5. The van der Waals surface area contributed by atoms with E-state index in [-0.39, 0.29) is 37.3 Å². The number of nitrogens with zero attached hydrogens (tertiary/aromatic N) is 1. The van der Waals surface area contributed by atoms with Gasteiger partial charge in [0.15, 0.2) is 0 Å². The van der Waals surface area contributed by atoms with E-state index in [1.165, 1.54) is 6.26 Å². The summed E-state index contributed by atoms with van der Waals surface area (Å²) in [5, 5.41) is 2.79. The lowest BCUT2D eigenvalue weighted by atomic mass is 10.2. The Morgan fingerprint density at radius 1 is 1.25 bits per heavy atom. The highest BCUT2D eigenvalue weighted by Crippen LogP contribution is 2.17. The van der Waals surface area contributed by atoms with Gasteiger partial charge in [-0.25, -0.2) is 0 Å². The Labute approximate surface area is 154 Å². The number of halogens is 2. The van der Waals surface area contributed by atoms with E-state index in [1.54, 1.807) is 18.2 Å². The first-order valence-corrected chi connectivity index (χ1v) is 7.05. The van der Waals surface area contributed by atoms with Gasteiger partial charge in [0, 0.05) is 12.2 Å². The molecule has 0 spiro atoms. The van der Waals surface area contributed by atoms with Crippen molar-refractivity contribution in [3.8, 4) is 5.75 Å². The molecule has 24 heavy (non-hydrogen) atoms. The van der Waals surface area contributed by atoms with Crippen molar-refractivity contribution in [3.05, 3.63) is 47.9 Å². The van der Waals surface area contributed by atoms with Gasteiger partial charge in [0.1, 0.15) is 24.4 Å². The molecule has 1 heterocycles. The molecule has 8 heteroatoms. The van der Waals surface area contributed by atoms with Gasteiger partial charge in [-0.05, 0) is 44.4 Å². The zero-order valence-corrected chi connectivity index (χ0v) is 15.3. The lowest BCUT2D eigenvalue weighted by molar-refractivity contribution is 0.102. The fourth-order valence-electron chi connectivity index (χ4n) is 1.79. The van der Waals surface area contributed by atoms with Crippen LogP contribution in [0.5, 0.6) is 5.75 Å². The van der Waals surface area contributed by atoms with Gasteiger partial charge in [-0.15, -0.1) is 24.8 Å². The van der Waals surface area contributed by atoms with Gasteiger partial charge in [-0.2, -0.15) is 0 Å². The van der Waals surface area contributed by atoms with Crippen LogP contribution in [0.3, 0.4) is 0 Å². The van der Waals surface area contributed by atoms with E-state index in [4.69, 9.17) is 14.9 Å². The Morgan fingerprint density at radius 3 is 2.46 bits per heavy atom. The van der Waals surface area contributed by atoms with Gasteiger partial charge in [0.25, 0.3) is 5.91 Å². The second kappa shape index (κ2) is 10.9. The van der Waals surface area contributed by atoms with Crippen molar-refractivity contribution in [2.75, 3.05) is 32.6 Å². The van der Waals surface area contributed by atoms with Crippen molar-refractivity contribution < 1.29 is 13.9 Å². The van der Waals surface area contributed by atoms with Crippen LogP contribution in [-0.4, -0.2) is 38.1 Å². The number of rotatable bonds is 7. The van der Waals surface area contributed by atoms with Gasteiger partial charge in [0.2, 0.25) is 0 Å². The zero-order valence-electron chi connectivity index (χ0n) is 13.7. The SMILES string of the molecule is CN(C)CCOc1ccc(NC(=O)c2coc(CN)c2)cc1.Cl.Cl. The summed E-state index contributed by atoms with van der Waals surface area (Å²) in [5.74, 6) is 1.12. The number of anilines is 1. The minimum Gasteiger partial charge on any atom is -0.492 e. The number of benzene rings is 1. The first-order valence-electron chi connectivity index (χ1n) is 7.05. The molecule has 1 amide bonds. The largest absolute Gasteiger partial charge is 0.492 e. The highest BCUT2D eigenvalue weighted by molar-refractivity contribution is 6.04. The average molecular weight is 376 g/mol. The van der Waals surface area contributed by atoms with Crippen LogP contribution >= 0.6 is 24.8 Å². The molecular weight excluding hydrogens is 353 g/mol. The summed E-state index contributed by atoms with van der Waals surface area (Å²) in [7, 11) is 3.99. The summed E-state index contributed by atoms with van der Waals surface area (Å²) in [6.07, 6.45) is 1.40. The van der Waals surface area contributed by atoms with E-state index in [0.29, 0.717) is 23.6 Å². The Morgan fingerprint density at radius 2 is 1.92 bits per heavy atom. The van der Waals surface area contributed by atoms with E-state index in [9.17, 15) is 4.79 Å². The van der Waals surface area contributed by atoms with Crippen LogP contribution in [0.15, 0.2) is 41.0 Å². The van der Waals surface area contributed by atoms with E-state index in [0.717, 1.165) is 12.3 Å². The lowest BCUT2D eigenvalue weighted by Gasteiger charge is -2.11. The first-order chi connectivity index (χ1) is 10.6. The van der Waals surface area contributed by atoms with Crippen molar-refractivity contribution in [1.29, 1.82) is 0 Å². The quantitative estimate of drug-likeness (QED) is 0.777. The van der Waals surface area contributed by atoms with Crippen LogP contribution in [0, 0.1) is 0 Å². The normalized spacial score (nSPS) is 9.83. The molecule has 2 aromatic rings. The fraction of sp³-hybridized carbons (Fsp3) is 0.312. The number of nitrogens with one attached hydrogen (secondary N) is 1. The lowest BCUT2D eigenvalue weighted by Crippen LogP contribution is -2.19. The molecule has 0 aliphatic carbocycles. The predicted molar refractivity (Wildman–Crippen MR) is 99.5 cm³/mol. The summed E-state index contributed by atoms with van der Waals surface area (Å²) < 4.78 is 10.7. The predicted octanol–water partition coefficient (Wildman–Crippen LogP) is 2.77. The van der Waals surface area contributed by atoms with Crippen LogP contribution in [0.1, 0.15) is 16.1 Å². The molecule has 0 fully saturated rings. The van der Waals surface area contributed by atoms with Crippen LogP contribution in [-0.2, 0) is 6.54 Å². The molecule has 0 atom stereocenters. The molecule has 134 valence electrons. The molecule has 0 aliphatic heterocycles. The smallest absolute Gasteiger partial charge is 0.258 e. The fourth-order valence-corrected chi connectivity index (χ4v) is 1.79. The Bertz CT molecular complexity index is 615. The summed E-state index contributed by atoms with van der Waals surface area (Å²) in [5.41, 5.74) is 6.59. The van der Waals surface area contributed by atoms with Crippen molar-refractivity contribution in [2.24, 2.45) is 5.73 Å². The second-order valence-electron chi connectivity index (χ2n) is 5.14. The number of likely N-dealkylation sites (N-methyl/N-ethyl adjacent to an activating group) is 1. The number of ether oxygens (including phenoxy) is 1. The van der Waals surface area contributed by atoms with Crippen LogP contribution in [0.25, 0.3) is 0 Å². The zero-order chi connectivity index (χ0) is 15.9. The third kappa shape index (κ3) is 6.80. The van der Waals surface area contributed by atoms with Gasteiger partial charge >= 0.3 is 0 Å². The number of carbonyl (C=O) groups is 1. The third-order valence-electron chi connectivity index (χ3n) is 3.04. The number of furan rings is 1. The standard InChI is InChI=1S/C16H21N3O3.2ClH/c1-19(2)7-8-21-14-5-3-13(4-6-14)18-16(20)12-9-15(10-17)22-11-12;;/h3-6,9,11H,7-8,10,17H2,1-2H3,(H,18,20);2*1H. The van der Waals surface area contributed by atoms with Crippen molar-refractivity contribution in [2.45, 2.75) is 6.54 Å². The molecule has 0 aliphatic rings. The minimum atomic E-state index is -0.232. The van der Waals surface area contributed by atoms with Crippen LogP contribution < -0.4 is 15.8 Å². The Hall–Kier alpha value is -1.73. The Balaban J connectivity index is 0.00000264. The maximum absolute atomic E-state index is 12.0. The molecule has 0 saturated heterocycles. The summed E-state index contributed by atoms with van der Waals surface area (Å²) in [4.78, 5) is 14.1. The first kappa shape index (κ1) is 22.3. The molecule has 0 bridgehead atoms. The number of hydrogen-bond donors (Lipinski definition) is 2. The average Bonchev–Trinajstić information content (AvgIpc) is 2.98. The number of amides is 1. The van der Waals surface area contributed by atoms with E-state index in [2.05, 4.69) is 10.2 Å². The Kier molecular flexibility index (Phi) is 10.1. The maximum atomic E-state index is 12.0. The monoisotopic (exact) mass is 375 g/mol. The van der Waals surface area contributed by atoms with Crippen molar-refractivity contribution >= 4 is 36.4 Å². The molecule has 1 aromatic carbocycles. The summed E-state index contributed by atoms with van der Waals surface area (Å²) in [6.45, 7) is 1.74. The van der Waals surface area contributed by atoms with Crippen molar-refractivity contribution in [3.63, 3.8) is 0 Å². The van der Waals surface area contributed by atoms with Crippen LogP contribution in [0.2, 0.25) is 0 Å². The molecule has 0 radical (unpaired) electrons. The van der Waals surface area contributed by atoms with Gasteiger partial charge < -0.3 is 25.1 Å². The molecule has 1 aromatic heterocycles. The molecule has 0 unspecified atom stereocenters. The van der Waals surface area contributed by atoms with E-state index in [1.807, 2.05) is 26.2 Å². The van der Waals surface area contributed by atoms with E-state index < -0.39 is 0 Å². The number of carbonyl (C=O) groups excluding carboxylic acids is 1. The van der Waals surface area contributed by atoms with Gasteiger partial charge in [-0.1, -0.05) is 0 Å². The molecular formula is C16H23Cl2N3O3.